The molecule has 0 aliphatic carbocycles. The first kappa shape index (κ1) is 13.2. The first-order chi connectivity index (χ1) is 9.13. The maximum atomic E-state index is 8.58. The van der Waals surface area contributed by atoms with Crippen molar-refractivity contribution >= 4 is 27.5 Å². The molecule has 2 aromatic rings. The Labute approximate surface area is 119 Å². The number of anilines is 1. The average molecular weight is 319 g/mol. The van der Waals surface area contributed by atoms with Crippen LogP contribution in [0.2, 0.25) is 0 Å². The van der Waals surface area contributed by atoms with Crippen LogP contribution in [-0.4, -0.2) is 27.6 Å². The van der Waals surface area contributed by atoms with Crippen LogP contribution in [0.1, 0.15) is 6.92 Å². The Morgan fingerprint density at radius 1 is 1.58 bits per heavy atom. The van der Waals surface area contributed by atoms with Crippen molar-refractivity contribution in [3.63, 3.8) is 0 Å². The van der Waals surface area contributed by atoms with Gasteiger partial charge < -0.3 is 4.90 Å². The van der Waals surface area contributed by atoms with Crippen LogP contribution in [0.5, 0.6) is 0 Å². The van der Waals surface area contributed by atoms with Gasteiger partial charge in [-0.25, -0.2) is 4.68 Å². The predicted octanol–water partition coefficient (Wildman–Crippen LogP) is 2.37. The molecule has 0 atom stereocenters. The number of nitrogens with zero attached hydrogens (tertiary/aromatic N) is 6. The molecule has 0 unspecified atom stereocenters. The molecule has 0 radical (unpaired) electrons. The van der Waals surface area contributed by atoms with Crippen molar-refractivity contribution in [2.45, 2.75) is 6.92 Å². The van der Waals surface area contributed by atoms with E-state index in [9.17, 15) is 0 Å². The Morgan fingerprint density at radius 3 is 3.00 bits per heavy atom. The molecule has 19 heavy (non-hydrogen) atoms. The minimum atomic E-state index is 0.592. The fourth-order valence-electron chi connectivity index (χ4n) is 1.51. The minimum absolute atomic E-state index is 0.592. The van der Waals surface area contributed by atoms with Crippen LogP contribution >= 0.6 is 15.9 Å². The lowest BCUT2D eigenvalue weighted by molar-refractivity contribution is 0.864. The van der Waals surface area contributed by atoms with Gasteiger partial charge in [0.05, 0.1) is 23.8 Å². The number of aromatic nitrogens is 3. The number of aliphatic imine (C=N–C) groups is 1. The molecule has 0 aliphatic rings. The van der Waals surface area contributed by atoms with E-state index in [2.05, 4.69) is 31.0 Å². The lowest BCUT2D eigenvalue weighted by Crippen LogP contribution is -2.23. The highest BCUT2D eigenvalue weighted by Crippen LogP contribution is 2.25. The first-order valence-electron chi connectivity index (χ1n) is 5.46. The van der Waals surface area contributed by atoms with Crippen LogP contribution in [0.3, 0.4) is 0 Å². The number of pyridine rings is 1. The SMILES string of the molecule is CC(=NC#N)N(C)c1cn(-c2cccnc2)nc1Br. The van der Waals surface area contributed by atoms with Crippen LogP contribution in [0, 0.1) is 11.5 Å². The van der Waals surface area contributed by atoms with Gasteiger partial charge in [-0.2, -0.15) is 15.4 Å². The summed E-state index contributed by atoms with van der Waals surface area (Å²) < 4.78 is 2.38. The van der Waals surface area contributed by atoms with E-state index in [-0.39, 0.29) is 0 Å². The summed E-state index contributed by atoms with van der Waals surface area (Å²) in [5.41, 5.74) is 1.68. The summed E-state index contributed by atoms with van der Waals surface area (Å²) in [6.45, 7) is 1.76. The first-order valence-corrected chi connectivity index (χ1v) is 6.25. The molecule has 0 fully saturated rings. The molecule has 0 N–H and O–H groups in total. The molecule has 0 aromatic carbocycles. The second-order valence-electron chi connectivity index (χ2n) is 3.78. The number of amidine groups is 1. The van der Waals surface area contributed by atoms with Gasteiger partial charge in [0.1, 0.15) is 5.84 Å². The Morgan fingerprint density at radius 2 is 2.37 bits per heavy atom. The van der Waals surface area contributed by atoms with Crippen molar-refractivity contribution < 1.29 is 0 Å². The summed E-state index contributed by atoms with van der Waals surface area (Å²) in [4.78, 5) is 9.54. The lowest BCUT2D eigenvalue weighted by atomic mass is 10.4. The Bertz CT molecular complexity index is 640. The molecule has 2 rings (SSSR count). The van der Waals surface area contributed by atoms with E-state index in [1.165, 1.54) is 0 Å². The molecule has 2 aromatic heterocycles. The van der Waals surface area contributed by atoms with E-state index in [4.69, 9.17) is 5.26 Å². The second kappa shape index (κ2) is 5.63. The summed E-state index contributed by atoms with van der Waals surface area (Å²) in [6, 6.07) is 3.75. The van der Waals surface area contributed by atoms with E-state index in [1.54, 1.807) is 35.1 Å². The van der Waals surface area contributed by atoms with Crippen molar-refractivity contribution in [1.29, 1.82) is 5.26 Å². The molecule has 96 valence electrons. The van der Waals surface area contributed by atoms with E-state index in [0.29, 0.717) is 10.4 Å². The molecular weight excluding hydrogens is 308 g/mol. The maximum Gasteiger partial charge on any atom is 0.207 e. The Hall–Kier alpha value is -2.20. The summed E-state index contributed by atoms with van der Waals surface area (Å²) in [6.07, 6.45) is 7.04. The fraction of sp³-hybridized carbons (Fsp3) is 0.167. The van der Waals surface area contributed by atoms with Crippen LogP contribution in [-0.2, 0) is 0 Å². The fourth-order valence-corrected chi connectivity index (χ4v) is 2.05. The zero-order valence-electron chi connectivity index (χ0n) is 10.4. The number of rotatable bonds is 2. The van der Waals surface area contributed by atoms with Gasteiger partial charge in [-0.05, 0) is 35.0 Å². The standard InChI is InChI=1S/C12H11BrN6/c1-9(16-8-14)18(2)11-7-19(17-12(11)13)10-4-3-5-15-6-10/h3-7H,1-2H3. The van der Waals surface area contributed by atoms with Gasteiger partial charge in [-0.3, -0.25) is 4.98 Å². The van der Waals surface area contributed by atoms with Crippen LogP contribution in [0.25, 0.3) is 5.69 Å². The number of nitriles is 1. The van der Waals surface area contributed by atoms with E-state index >= 15 is 0 Å². The van der Waals surface area contributed by atoms with E-state index in [1.807, 2.05) is 25.4 Å². The largest absolute Gasteiger partial charge is 0.329 e. The topological polar surface area (TPSA) is 70.1 Å². The summed E-state index contributed by atoms with van der Waals surface area (Å²) in [5, 5.41) is 12.9. The highest BCUT2D eigenvalue weighted by Gasteiger charge is 2.13. The van der Waals surface area contributed by atoms with E-state index in [0.717, 1.165) is 11.4 Å². The highest BCUT2D eigenvalue weighted by atomic mass is 79.9. The number of halogens is 1. The average Bonchev–Trinajstić information content (AvgIpc) is 2.81. The quantitative estimate of drug-likeness (QED) is 0.484. The summed E-state index contributed by atoms with van der Waals surface area (Å²) >= 11 is 3.40. The summed E-state index contributed by atoms with van der Waals surface area (Å²) in [7, 11) is 1.82. The van der Waals surface area contributed by atoms with E-state index < -0.39 is 0 Å². The lowest BCUT2D eigenvalue weighted by Gasteiger charge is -2.15. The molecule has 0 saturated heterocycles. The third-order valence-electron chi connectivity index (χ3n) is 2.62. The van der Waals surface area contributed by atoms with Crippen LogP contribution < -0.4 is 4.90 Å². The normalized spacial score (nSPS) is 11.2. The number of hydrogen-bond donors (Lipinski definition) is 0. The molecule has 0 spiro atoms. The molecular formula is C12H11BrN6. The third kappa shape index (κ3) is 2.80. The smallest absolute Gasteiger partial charge is 0.207 e. The van der Waals surface area contributed by atoms with Gasteiger partial charge in [0.25, 0.3) is 0 Å². The molecule has 2 heterocycles. The Balaban J connectivity index is 2.38. The molecule has 0 amide bonds. The Kier molecular flexibility index (Phi) is 3.92. The predicted molar refractivity (Wildman–Crippen MR) is 76.2 cm³/mol. The summed E-state index contributed by atoms with van der Waals surface area (Å²) in [5.74, 6) is 0.592. The van der Waals surface area contributed by atoms with Crippen LogP contribution in [0.4, 0.5) is 5.69 Å². The van der Waals surface area contributed by atoms with Gasteiger partial charge in [0, 0.05) is 13.2 Å². The minimum Gasteiger partial charge on any atom is -0.329 e. The molecule has 6 nitrogen and oxygen atoms in total. The van der Waals surface area contributed by atoms with Crippen molar-refractivity contribution in [2.75, 3.05) is 11.9 Å². The van der Waals surface area contributed by atoms with Crippen molar-refractivity contribution in [3.8, 4) is 11.9 Å². The van der Waals surface area contributed by atoms with Gasteiger partial charge >= 0.3 is 0 Å². The molecule has 0 saturated carbocycles. The maximum absolute atomic E-state index is 8.58. The zero-order chi connectivity index (χ0) is 13.8. The van der Waals surface area contributed by atoms with Gasteiger partial charge in [-0.1, -0.05) is 0 Å². The molecule has 0 aliphatic heterocycles. The molecule has 0 bridgehead atoms. The second-order valence-corrected chi connectivity index (χ2v) is 4.53. The van der Waals surface area contributed by atoms with Crippen molar-refractivity contribution in [3.05, 3.63) is 35.3 Å². The van der Waals surface area contributed by atoms with Crippen molar-refractivity contribution in [2.24, 2.45) is 4.99 Å². The van der Waals surface area contributed by atoms with Gasteiger partial charge in [-0.15, -0.1) is 0 Å². The van der Waals surface area contributed by atoms with Gasteiger partial charge in [0.2, 0.25) is 6.19 Å². The van der Waals surface area contributed by atoms with Gasteiger partial charge in [0.15, 0.2) is 4.60 Å². The van der Waals surface area contributed by atoms with Crippen LogP contribution in [0.15, 0.2) is 40.3 Å². The number of hydrogen-bond acceptors (Lipinski definition) is 4. The molecule has 7 heteroatoms. The van der Waals surface area contributed by atoms with Crippen molar-refractivity contribution in [1.82, 2.24) is 14.8 Å². The monoisotopic (exact) mass is 318 g/mol. The zero-order valence-corrected chi connectivity index (χ0v) is 12.0. The highest BCUT2D eigenvalue weighted by molar-refractivity contribution is 9.10. The third-order valence-corrected chi connectivity index (χ3v) is 3.19.